The highest BCUT2D eigenvalue weighted by Crippen LogP contribution is 2.21. The van der Waals surface area contributed by atoms with Crippen molar-refractivity contribution in [1.29, 1.82) is 0 Å². The van der Waals surface area contributed by atoms with Crippen molar-refractivity contribution < 1.29 is 21.9 Å². The summed E-state index contributed by atoms with van der Waals surface area (Å²) in [5.41, 5.74) is 0. The number of quaternary nitrogens is 1. The molecule has 0 unspecified atom stereocenters. The molecule has 256 valence electrons. The molecule has 0 saturated heterocycles. The van der Waals surface area contributed by atoms with Crippen LogP contribution < -0.4 is 4.72 Å². The maximum absolute atomic E-state index is 10.5. The van der Waals surface area contributed by atoms with E-state index in [1.165, 1.54) is 192 Å². The van der Waals surface area contributed by atoms with Gasteiger partial charge in [0.2, 0.25) is 0 Å². The standard InChI is InChI=1S/C32H68N.C4H5NO4S/c1-5-9-13-17-21-25-29-33(30-26-22-18-14-10-6-2,31-27-23-19-15-11-7-3)32-28-24-20-16-12-8-4;1-3-2-4(6)5-10(7,8)9-3/h5-32H2,1-4H3;2H,1H3,(H,5,6)/q+1;. The quantitative estimate of drug-likeness (QED) is 0.0690. The lowest BCUT2D eigenvalue weighted by molar-refractivity contribution is -0.929. The highest BCUT2D eigenvalue weighted by Gasteiger charge is 2.26. The zero-order chi connectivity index (χ0) is 32.1. The average Bonchev–Trinajstić information content (AvgIpc) is 2.95. The van der Waals surface area contributed by atoms with Crippen molar-refractivity contribution in [3.8, 4) is 0 Å². The van der Waals surface area contributed by atoms with E-state index >= 15 is 0 Å². The van der Waals surface area contributed by atoms with Crippen LogP contribution in [-0.2, 0) is 19.3 Å². The number of allylic oxidation sites excluding steroid dienone is 1. The van der Waals surface area contributed by atoms with Crippen LogP contribution >= 0.6 is 0 Å². The van der Waals surface area contributed by atoms with Gasteiger partial charge in [-0.3, -0.25) is 4.79 Å². The lowest BCUT2D eigenvalue weighted by atomic mass is 10.0. The summed E-state index contributed by atoms with van der Waals surface area (Å²) in [5.74, 6) is -0.604. The first-order valence-electron chi connectivity index (χ1n) is 18.5. The van der Waals surface area contributed by atoms with Gasteiger partial charge in [0, 0.05) is 6.08 Å². The second-order valence-electron chi connectivity index (χ2n) is 13.1. The van der Waals surface area contributed by atoms with Crippen LogP contribution in [0.2, 0.25) is 0 Å². The lowest BCUT2D eigenvalue weighted by Crippen LogP contribution is -2.50. The molecule has 6 nitrogen and oxygen atoms in total. The fourth-order valence-electron chi connectivity index (χ4n) is 6.14. The monoisotopic (exact) mass is 630 g/mol. The van der Waals surface area contributed by atoms with E-state index in [4.69, 9.17) is 0 Å². The molecular weight excluding hydrogens is 556 g/mol. The van der Waals surface area contributed by atoms with E-state index in [1.807, 2.05) is 0 Å². The minimum absolute atomic E-state index is 0.0729. The van der Waals surface area contributed by atoms with E-state index in [1.54, 1.807) is 4.72 Å². The van der Waals surface area contributed by atoms with Gasteiger partial charge < -0.3 is 8.67 Å². The normalized spacial score (nSPS) is 14.4. The summed E-state index contributed by atoms with van der Waals surface area (Å²) in [6.45, 7) is 16.6. The number of hydrogen-bond donors (Lipinski definition) is 1. The fourth-order valence-corrected chi connectivity index (χ4v) is 6.88. The van der Waals surface area contributed by atoms with Gasteiger partial charge in [0.1, 0.15) is 5.76 Å². The molecule has 1 aliphatic rings. The summed E-state index contributed by atoms with van der Waals surface area (Å²) in [4.78, 5) is 10.4. The number of nitrogens with one attached hydrogen (secondary N) is 1. The van der Waals surface area contributed by atoms with Gasteiger partial charge in [-0.25, -0.2) is 4.72 Å². The molecule has 0 atom stereocenters. The third kappa shape index (κ3) is 25.9. The van der Waals surface area contributed by atoms with Gasteiger partial charge >= 0.3 is 10.3 Å². The summed E-state index contributed by atoms with van der Waals surface area (Å²) in [6, 6.07) is 0. The van der Waals surface area contributed by atoms with Gasteiger partial charge in [-0.2, -0.15) is 8.42 Å². The molecule has 0 bridgehead atoms. The number of nitrogens with zero attached hydrogens (tertiary/aromatic N) is 1. The number of carbonyl (C=O) groups is 1. The second-order valence-corrected chi connectivity index (χ2v) is 14.3. The molecule has 7 heteroatoms. The Morgan fingerprint density at radius 3 is 1.07 bits per heavy atom. The minimum atomic E-state index is -3.85. The predicted octanol–water partition coefficient (Wildman–Crippen LogP) is 10.5. The summed E-state index contributed by atoms with van der Waals surface area (Å²) < 4.78 is 28.3. The lowest BCUT2D eigenvalue weighted by Gasteiger charge is -2.40. The van der Waals surface area contributed by atoms with Gasteiger partial charge in [-0.15, -0.1) is 0 Å². The fraction of sp³-hybridized carbons (Fsp3) is 0.917. The van der Waals surface area contributed by atoms with Gasteiger partial charge in [-0.1, -0.05) is 130 Å². The maximum atomic E-state index is 10.5. The molecule has 0 fully saturated rings. The van der Waals surface area contributed by atoms with E-state index in [0.29, 0.717) is 0 Å². The largest absolute Gasteiger partial charge is 0.409 e. The number of hydrogen-bond acceptors (Lipinski definition) is 4. The van der Waals surface area contributed by atoms with Crippen molar-refractivity contribution in [2.75, 3.05) is 26.2 Å². The first-order valence-corrected chi connectivity index (χ1v) is 19.9. The van der Waals surface area contributed by atoms with Crippen molar-refractivity contribution in [1.82, 2.24) is 4.72 Å². The first kappa shape index (κ1) is 41.9. The van der Waals surface area contributed by atoms with Crippen LogP contribution in [0.1, 0.15) is 189 Å². The molecule has 0 aromatic carbocycles. The highest BCUT2D eigenvalue weighted by atomic mass is 32.2. The van der Waals surface area contributed by atoms with Crippen molar-refractivity contribution >= 4 is 16.2 Å². The molecule has 0 radical (unpaired) electrons. The van der Waals surface area contributed by atoms with Crippen LogP contribution in [0.15, 0.2) is 11.8 Å². The molecular formula is C36H73N2O4S+. The van der Waals surface area contributed by atoms with Crippen LogP contribution in [0.4, 0.5) is 0 Å². The molecule has 0 saturated carbocycles. The molecule has 0 aliphatic carbocycles. The zero-order valence-electron chi connectivity index (χ0n) is 29.4. The Labute approximate surface area is 269 Å². The third-order valence-corrected chi connectivity index (χ3v) is 9.68. The Hall–Kier alpha value is -1.08. The first-order chi connectivity index (χ1) is 20.7. The Kier molecular flexibility index (Phi) is 27.7. The van der Waals surface area contributed by atoms with Gasteiger partial charge in [0.15, 0.2) is 0 Å². The molecule has 1 aliphatic heterocycles. The highest BCUT2D eigenvalue weighted by molar-refractivity contribution is 7.85. The Morgan fingerprint density at radius 1 is 0.535 bits per heavy atom. The average molecular weight is 630 g/mol. The summed E-state index contributed by atoms with van der Waals surface area (Å²) in [7, 11) is -3.85. The summed E-state index contributed by atoms with van der Waals surface area (Å²) >= 11 is 0. The molecule has 1 heterocycles. The molecule has 1 N–H and O–H groups in total. The van der Waals surface area contributed by atoms with E-state index in [0.717, 1.165) is 6.08 Å². The number of rotatable bonds is 28. The summed E-state index contributed by atoms with van der Waals surface area (Å²) in [6.07, 6.45) is 35.8. The van der Waals surface area contributed by atoms with Crippen molar-refractivity contribution in [2.24, 2.45) is 0 Å². The van der Waals surface area contributed by atoms with Crippen LogP contribution in [0, 0.1) is 0 Å². The molecule has 1 amide bonds. The van der Waals surface area contributed by atoms with Gasteiger partial charge in [0.05, 0.1) is 26.2 Å². The molecule has 1 rings (SSSR count). The number of carbonyl (C=O) groups excluding carboxylic acids is 1. The van der Waals surface area contributed by atoms with Gasteiger partial charge in [0.25, 0.3) is 5.91 Å². The Bertz CT molecular complexity index is 713. The Morgan fingerprint density at radius 2 is 0.814 bits per heavy atom. The van der Waals surface area contributed by atoms with E-state index in [2.05, 4.69) is 31.9 Å². The smallest absolute Gasteiger partial charge is 0.371 e. The topological polar surface area (TPSA) is 72.5 Å². The van der Waals surface area contributed by atoms with Crippen molar-refractivity contribution in [3.05, 3.63) is 11.8 Å². The summed E-state index contributed by atoms with van der Waals surface area (Å²) in [5, 5.41) is 0. The van der Waals surface area contributed by atoms with Crippen LogP contribution in [0.5, 0.6) is 0 Å². The maximum Gasteiger partial charge on any atom is 0.409 e. The number of amides is 1. The van der Waals surface area contributed by atoms with Crippen LogP contribution in [0.3, 0.4) is 0 Å². The molecule has 43 heavy (non-hydrogen) atoms. The van der Waals surface area contributed by atoms with Crippen molar-refractivity contribution in [3.63, 3.8) is 0 Å². The molecule has 0 aromatic rings. The van der Waals surface area contributed by atoms with E-state index in [-0.39, 0.29) is 5.76 Å². The minimum Gasteiger partial charge on any atom is -0.371 e. The number of unbranched alkanes of at least 4 members (excludes halogenated alkanes) is 20. The van der Waals surface area contributed by atoms with Crippen LogP contribution in [0.25, 0.3) is 0 Å². The molecule has 0 aromatic heterocycles. The SMILES string of the molecule is CC1=CC(=O)NS(=O)(=O)O1.CCCCCCCC[N+](CCCCCCCC)(CCCCCCCC)CCCCCCCC. The molecule has 0 spiro atoms. The Balaban J connectivity index is 0.00000147. The third-order valence-electron chi connectivity index (χ3n) is 8.75. The van der Waals surface area contributed by atoms with E-state index < -0.39 is 16.2 Å². The van der Waals surface area contributed by atoms with Crippen LogP contribution in [-0.4, -0.2) is 45.0 Å². The van der Waals surface area contributed by atoms with E-state index in [9.17, 15) is 13.2 Å². The van der Waals surface area contributed by atoms with Gasteiger partial charge in [-0.05, 0) is 58.3 Å². The predicted molar refractivity (Wildman–Crippen MR) is 185 cm³/mol. The van der Waals surface area contributed by atoms with Crippen molar-refractivity contribution in [2.45, 2.75) is 189 Å². The zero-order valence-corrected chi connectivity index (χ0v) is 30.2. The second kappa shape index (κ2) is 28.4.